The fraction of sp³-hybridized carbons (Fsp3) is 0.130. The molecule has 0 bridgehead atoms. The molecule has 1 fully saturated rings. The summed E-state index contributed by atoms with van der Waals surface area (Å²) >= 11 is 2.32. The lowest BCUT2D eigenvalue weighted by Crippen LogP contribution is -2.35. The number of aromatic nitrogens is 1. The molecule has 1 aliphatic rings. The van der Waals surface area contributed by atoms with E-state index in [4.69, 9.17) is 0 Å². The molecular weight excluding hydrogens is 477 g/mol. The van der Waals surface area contributed by atoms with Crippen LogP contribution in [0, 0.1) is 24.3 Å². The molecule has 0 radical (unpaired) electrons. The van der Waals surface area contributed by atoms with E-state index in [1.807, 2.05) is 38.1 Å². The third-order valence-electron chi connectivity index (χ3n) is 5.08. The van der Waals surface area contributed by atoms with E-state index < -0.39 is 5.91 Å². The standard InChI is InChI=1S/C23H20IN3O2/c1-14-11-19(9-10-21(14)24)26-15(2)12-17(16(26)3)13-20-22(28)25-27(23(20)29)18-7-5-4-6-8-18/h4-13H,1-3H3,(H,25,28). The van der Waals surface area contributed by atoms with Crippen molar-refractivity contribution in [3.05, 3.63) is 86.3 Å². The van der Waals surface area contributed by atoms with Gasteiger partial charge in [0.15, 0.2) is 0 Å². The number of rotatable bonds is 3. The predicted molar refractivity (Wildman–Crippen MR) is 123 cm³/mol. The van der Waals surface area contributed by atoms with Crippen molar-refractivity contribution in [2.45, 2.75) is 20.8 Å². The first-order valence-corrected chi connectivity index (χ1v) is 10.3. The summed E-state index contributed by atoms with van der Waals surface area (Å²) in [6, 6.07) is 17.4. The Morgan fingerprint density at radius 2 is 1.66 bits per heavy atom. The largest absolute Gasteiger partial charge is 0.318 e. The maximum atomic E-state index is 12.8. The Morgan fingerprint density at radius 3 is 2.34 bits per heavy atom. The van der Waals surface area contributed by atoms with Crippen LogP contribution in [0.25, 0.3) is 11.8 Å². The molecule has 4 rings (SSSR count). The zero-order chi connectivity index (χ0) is 20.7. The molecule has 0 aliphatic carbocycles. The zero-order valence-electron chi connectivity index (χ0n) is 16.4. The van der Waals surface area contributed by atoms with Crippen LogP contribution in [0.4, 0.5) is 5.69 Å². The summed E-state index contributed by atoms with van der Waals surface area (Å²) in [5.74, 6) is -0.745. The van der Waals surface area contributed by atoms with Crippen LogP contribution < -0.4 is 10.4 Å². The Kier molecular flexibility index (Phi) is 5.04. The molecule has 146 valence electrons. The van der Waals surface area contributed by atoms with Crippen LogP contribution in [0.3, 0.4) is 0 Å². The summed E-state index contributed by atoms with van der Waals surface area (Å²) < 4.78 is 3.35. The van der Waals surface area contributed by atoms with Gasteiger partial charge < -0.3 is 4.57 Å². The number of amides is 2. The number of benzene rings is 2. The van der Waals surface area contributed by atoms with Gasteiger partial charge in [0.05, 0.1) is 5.69 Å². The summed E-state index contributed by atoms with van der Waals surface area (Å²) in [6.07, 6.45) is 1.68. The molecule has 6 heteroatoms. The van der Waals surface area contributed by atoms with Crippen molar-refractivity contribution in [1.29, 1.82) is 0 Å². The minimum absolute atomic E-state index is 0.132. The fourth-order valence-corrected chi connectivity index (χ4v) is 3.91. The lowest BCUT2D eigenvalue weighted by molar-refractivity contribution is -0.117. The number of nitrogens with zero attached hydrogens (tertiary/aromatic N) is 2. The van der Waals surface area contributed by atoms with Crippen molar-refractivity contribution in [3.8, 4) is 5.69 Å². The number of halogens is 1. The lowest BCUT2D eigenvalue weighted by Gasteiger charge is -2.13. The molecule has 0 saturated carbocycles. The molecule has 2 aromatic carbocycles. The van der Waals surface area contributed by atoms with Crippen molar-refractivity contribution >= 4 is 46.2 Å². The molecule has 5 nitrogen and oxygen atoms in total. The van der Waals surface area contributed by atoms with E-state index in [2.05, 4.69) is 57.7 Å². The molecule has 0 spiro atoms. The maximum Gasteiger partial charge on any atom is 0.282 e. The van der Waals surface area contributed by atoms with E-state index in [9.17, 15) is 9.59 Å². The number of hydrogen-bond acceptors (Lipinski definition) is 2. The van der Waals surface area contributed by atoms with Crippen LogP contribution in [-0.4, -0.2) is 16.4 Å². The van der Waals surface area contributed by atoms with Gasteiger partial charge in [-0.25, -0.2) is 5.01 Å². The SMILES string of the molecule is Cc1cc(-n2c(C)cc(C=C3C(=O)NN(c4ccccc4)C3=O)c2C)ccc1I. The van der Waals surface area contributed by atoms with E-state index in [-0.39, 0.29) is 11.5 Å². The van der Waals surface area contributed by atoms with Crippen LogP contribution in [0.5, 0.6) is 0 Å². The minimum atomic E-state index is -0.395. The van der Waals surface area contributed by atoms with Gasteiger partial charge in [-0.15, -0.1) is 0 Å². The number of carbonyl (C=O) groups excluding carboxylic acids is 2. The van der Waals surface area contributed by atoms with Crippen LogP contribution in [-0.2, 0) is 9.59 Å². The summed E-state index contributed by atoms with van der Waals surface area (Å²) in [5, 5.41) is 1.29. The van der Waals surface area contributed by atoms with Crippen LogP contribution in [0.2, 0.25) is 0 Å². The number of hydrazine groups is 1. The zero-order valence-corrected chi connectivity index (χ0v) is 18.5. The number of hydrogen-bond donors (Lipinski definition) is 1. The Balaban J connectivity index is 1.73. The van der Waals surface area contributed by atoms with Crippen molar-refractivity contribution in [1.82, 2.24) is 9.99 Å². The Morgan fingerprint density at radius 1 is 0.931 bits per heavy atom. The van der Waals surface area contributed by atoms with Crippen molar-refractivity contribution < 1.29 is 9.59 Å². The highest BCUT2D eigenvalue weighted by molar-refractivity contribution is 14.1. The van der Waals surface area contributed by atoms with Crippen molar-refractivity contribution in [3.63, 3.8) is 0 Å². The molecule has 2 heterocycles. The second-order valence-electron chi connectivity index (χ2n) is 7.07. The predicted octanol–water partition coefficient (Wildman–Crippen LogP) is 4.47. The molecule has 1 saturated heterocycles. The average molecular weight is 497 g/mol. The average Bonchev–Trinajstić information content (AvgIpc) is 3.15. The fourth-order valence-electron chi connectivity index (χ4n) is 3.57. The van der Waals surface area contributed by atoms with Gasteiger partial charge in [0, 0.05) is 20.6 Å². The van der Waals surface area contributed by atoms with E-state index in [0.29, 0.717) is 5.69 Å². The van der Waals surface area contributed by atoms with Gasteiger partial charge in [0.25, 0.3) is 11.8 Å². The molecule has 3 aromatic rings. The second-order valence-corrected chi connectivity index (χ2v) is 8.23. The van der Waals surface area contributed by atoms with Gasteiger partial charge in [-0.3, -0.25) is 15.0 Å². The highest BCUT2D eigenvalue weighted by Gasteiger charge is 2.34. The minimum Gasteiger partial charge on any atom is -0.318 e. The first kappa shape index (κ1) is 19.4. The van der Waals surface area contributed by atoms with Gasteiger partial charge in [0.2, 0.25) is 0 Å². The van der Waals surface area contributed by atoms with Gasteiger partial charge in [-0.05, 0) is 97.0 Å². The highest BCUT2D eigenvalue weighted by atomic mass is 127. The number of para-hydroxylation sites is 1. The summed E-state index contributed by atoms with van der Waals surface area (Å²) in [5.41, 5.74) is 8.56. The number of aryl methyl sites for hydroxylation is 2. The molecule has 0 unspecified atom stereocenters. The van der Waals surface area contributed by atoms with Crippen LogP contribution >= 0.6 is 22.6 Å². The number of anilines is 1. The summed E-state index contributed by atoms with van der Waals surface area (Å²) in [7, 11) is 0. The Bertz CT molecular complexity index is 1160. The third kappa shape index (κ3) is 3.48. The normalized spacial score (nSPS) is 15.3. The molecule has 0 atom stereocenters. The molecule has 29 heavy (non-hydrogen) atoms. The molecule has 1 N–H and O–H groups in total. The Labute approximate surface area is 183 Å². The monoisotopic (exact) mass is 497 g/mol. The molecular formula is C23H20IN3O2. The quantitative estimate of drug-likeness (QED) is 0.330. The molecule has 1 aliphatic heterocycles. The number of carbonyl (C=O) groups is 2. The molecule has 2 amide bonds. The number of nitrogens with one attached hydrogen (secondary N) is 1. The first-order chi connectivity index (χ1) is 13.9. The van der Waals surface area contributed by atoms with Crippen LogP contribution in [0.15, 0.2) is 60.2 Å². The third-order valence-corrected chi connectivity index (χ3v) is 6.29. The lowest BCUT2D eigenvalue weighted by atomic mass is 10.1. The maximum absolute atomic E-state index is 12.8. The van der Waals surface area contributed by atoms with Gasteiger partial charge in [0.1, 0.15) is 5.57 Å². The van der Waals surface area contributed by atoms with E-state index in [0.717, 1.165) is 22.6 Å². The summed E-state index contributed by atoms with van der Waals surface area (Å²) in [6.45, 7) is 6.11. The van der Waals surface area contributed by atoms with Crippen molar-refractivity contribution in [2.24, 2.45) is 0 Å². The van der Waals surface area contributed by atoms with Gasteiger partial charge in [-0.2, -0.15) is 0 Å². The van der Waals surface area contributed by atoms with E-state index >= 15 is 0 Å². The summed E-state index contributed by atoms with van der Waals surface area (Å²) in [4.78, 5) is 25.3. The van der Waals surface area contributed by atoms with Crippen molar-refractivity contribution in [2.75, 3.05) is 5.01 Å². The van der Waals surface area contributed by atoms with Crippen LogP contribution in [0.1, 0.15) is 22.5 Å². The second kappa shape index (κ2) is 7.51. The van der Waals surface area contributed by atoms with E-state index in [1.54, 1.807) is 18.2 Å². The smallest absolute Gasteiger partial charge is 0.282 e. The first-order valence-electron chi connectivity index (χ1n) is 9.24. The van der Waals surface area contributed by atoms with E-state index in [1.165, 1.54) is 14.1 Å². The van der Waals surface area contributed by atoms with Gasteiger partial charge >= 0.3 is 0 Å². The Hall–Kier alpha value is -2.87. The van der Waals surface area contributed by atoms with Gasteiger partial charge in [-0.1, -0.05) is 18.2 Å². The highest BCUT2D eigenvalue weighted by Crippen LogP contribution is 2.27. The topological polar surface area (TPSA) is 54.3 Å². The molecule has 1 aromatic heterocycles.